The van der Waals surface area contributed by atoms with E-state index >= 15 is 0 Å². The maximum atomic E-state index is 13.8. The molecule has 1 spiro atoms. The molecule has 0 amide bonds. The van der Waals surface area contributed by atoms with Crippen LogP contribution in [-0.4, -0.2) is 134 Å². The largest absolute Gasteiger partial charge is 0.455 e. The summed E-state index contributed by atoms with van der Waals surface area (Å²) in [6.45, 7) is 4.68. The molecule has 5 saturated carbocycles. The smallest absolute Gasteiger partial charge is 0.338 e. The molecule has 1 aromatic carbocycles. The number of carbonyl (C=O) groups is 2. The molecular formula is C34H47NO11. The van der Waals surface area contributed by atoms with E-state index in [9.17, 15) is 24.9 Å². The van der Waals surface area contributed by atoms with Crippen molar-refractivity contribution in [3.8, 4) is 0 Å². The Hall–Kier alpha value is -2.16. The average Bonchev–Trinajstić information content (AvgIpc) is 3.41. The fourth-order valence-corrected chi connectivity index (χ4v) is 12.3. The topological polar surface area (TPSA) is 153 Å². The van der Waals surface area contributed by atoms with Gasteiger partial charge in [-0.05, 0) is 31.0 Å². The molecule has 1 saturated heterocycles. The van der Waals surface area contributed by atoms with E-state index in [1.807, 2.05) is 6.92 Å². The minimum absolute atomic E-state index is 0.0791. The third-order valence-corrected chi connectivity index (χ3v) is 13.2. The SMILES string of the molecule is CCN1C[C@@]2(COC)[C@@H](O)C[C@@H](OC)[C@]34[C@@H]5C[C@@]6(O)[C@@H](OC(=O)c7ccccc7)[C@@H]5[C@](OC(C)=O)([C@H]([C@@H](OC)[C@@H]23)[C@H]14)[C@H](O)[C@@H]6OC. The highest BCUT2D eigenvalue weighted by molar-refractivity contribution is 5.89. The second-order valence-corrected chi connectivity index (χ2v) is 14.4. The van der Waals surface area contributed by atoms with Crippen molar-refractivity contribution in [3.63, 3.8) is 0 Å². The van der Waals surface area contributed by atoms with Gasteiger partial charge in [0.15, 0.2) is 5.60 Å². The van der Waals surface area contributed by atoms with Crippen molar-refractivity contribution in [3.05, 3.63) is 35.9 Å². The number of likely N-dealkylation sites (tertiary alicyclic amines) is 1. The average molecular weight is 646 g/mol. The fraction of sp³-hybridized carbons (Fsp3) is 0.765. The lowest BCUT2D eigenvalue weighted by Crippen LogP contribution is -2.81. The van der Waals surface area contributed by atoms with Crippen LogP contribution in [0, 0.1) is 34.5 Å². The fourth-order valence-electron chi connectivity index (χ4n) is 12.3. The standard InChI is InChI=1S/C34H47NO11/c1-7-35-15-31(16-41-3)20(37)13-21(42-4)33-19-14-32(40)28(45-30(39)18-11-9-8-10-12-18)22(19)34(46-17(2)36,27(38)29(32)44-6)23(26(33)35)24(43-5)25(31)33/h8-12,19-29,37-38,40H,7,13-16H2,1-6H3/t19-,20+,21-,22-,23-,24-,25+,26+,27-,28+,29+,31-,32-,33-,34+/m1/s1. The molecule has 0 radical (unpaired) electrons. The number of esters is 2. The van der Waals surface area contributed by atoms with E-state index in [-0.39, 0.29) is 25.0 Å². The number of piperidine rings is 1. The summed E-state index contributed by atoms with van der Waals surface area (Å²) in [4.78, 5) is 29.3. The molecule has 0 aromatic heterocycles. The summed E-state index contributed by atoms with van der Waals surface area (Å²) in [7, 11) is 6.27. The van der Waals surface area contributed by atoms with Crippen LogP contribution >= 0.6 is 0 Å². The minimum Gasteiger partial charge on any atom is -0.455 e. The summed E-state index contributed by atoms with van der Waals surface area (Å²) in [5.41, 5.74) is -4.79. The number of fused-ring (bicyclic) bond motifs is 2. The van der Waals surface area contributed by atoms with Crippen molar-refractivity contribution in [2.45, 2.75) is 80.6 Å². The van der Waals surface area contributed by atoms with E-state index in [0.717, 1.165) is 0 Å². The zero-order valence-corrected chi connectivity index (χ0v) is 27.3. The molecule has 15 atom stereocenters. The Balaban J connectivity index is 1.53. The van der Waals surface area contributed by atoms with E-state index in [1.54, 1.807) is 51.7 Å². The minimum atomic E-state index is -1.83. The zero-order chi connectivity index (χ0) is 33.0. The number of rotatable bonds is 9. The molecule has 1 aromatic rings. The number of hydrogen-bond acceptors (Lipinski definition) is 12. The molecule has 46 heavy (non-hydrogen) atoms. The molecule has 0 unspecified atom stereocenters. The molecule has 3 N–H and O–H groups in total. The van der Waals surface area contributed by atoms with E-state index in [0.29, 0.717) is 25.1 Å². The third kappa shape index (κ3) is 3.62. The quantitative estimate of drug-likeness (QED) is 0.323. The maximum Gasteiger partial charge on any atom is 0.338 e. The second kappa shape index (κ2) is 10.9. The van der Waals surface area contributed by atoms with Gasteiger partial charge in [-0.15, -0.1) is 0 Å². The summed E-state index contributed by atoms with van der Waals surface area (Å²) in [5.74, 6) is -3.65. The van der Waals surface area contributed by atoms with Crippen LogP contribution in [0.25, 0.3) is 0 Å². The number of carbonyl (C=O) groups excluding carboxylic acids is 2. The van der Waals surface area contributed by atoms with Gasteiger partial charge >= 0.3 is 11.9 Å². The number of ether oxygens (including phenoxy) is 6. The van der Waals surface area contributed by atoms with E-state index in [4.69, 9.17) is 28.4 Å². The Kier molecular flexibility index (Phi) is 7.69. The molecule has 12 nitrogen and oxygen atoms in total. The third-order valence-electron chi connectivity index (χ3n) is 13.2. The highest BCUT2D eigenvalue weighted by atomic mass is 16.6. The van der Waals surface area contributed by atoms with Crippen molar-refractivity contribution >= 4 is 11.9 Å². The molecular weight excluding hydrogens is 598 g/mol. The van der Waals surface area contributed by atoms with Crippen molar-refractivity contribution < 1.29 is 53.3 Å². The monoisotopic (exact) mass is 645 g/mol. The van der Waals surface area contributed by atoms with Crippen LogP contribution in [0.2, 0.25) is 0 Å². The number of benzene rings is 1. The van der Waals surface area contributed by atoms with Crippen LogP contribution in [0.15, 0.2) is 30.3 Å². The van der Waals surface area contributed by atoms with Crippen LogP contribution < -0.4 is 0 Å². The first-order valence-corrected chi connectivity index (χ1v) is 16.3. The predicted octanol–water partition coefficient (Wildman–Crippen LogP) is 0.648. The van der Waals surface area contributed by atoms with Crippen LogP contribution in [0.1, 0.15) is 37.0 Å². The molecule has 254 valence electrons. The first-order chi connectivity index (χ1) is 22.0. The summed E-state index contributed by atoms with van der Waals surface area (Å²) in [5, 5.41) is 37.3. The zero-order valence-electron chi connectivity index (χ0n) is 27.3. The molecule has 1 heterocycles. The molecule has 12 heteroatoms. The molecule has 6 fully saturated rings. The van der Waals surface area contributed by atoms with Gasteiger partial charge in [-0.3, -0.25) is 9.69 Å². The molecule has 6 aliphatic rings. The maximum absolute atomic E-state index is 13.8. The van der Waals surface area contributed by atoms with Crippen molar-refractivity contribution in [2.24, 2.45) is 34.5 Å². The Morgan fingerprint density at radius 2 is 1.72 bits per heavy atom. The molecule has 7 rings (SSSR count). The van der Waals surface area contributed by atoms with Gasteiger partial charge in [-0.2, -0.15) is 0 Å². The Morgan fingerprint density at radius 1 is 1.00 bits per heavy atom. The van der Waals surface area contributed by atoms with E-state index in [2.05, 4.69) is 4.90 Å². The summed E-state index contributed by atoms with van der Waals surface area (Å²) < 4.78 is 37.4. The first kappa shape index (κ1) is 32.4. The molecule has 5 aliphatic carbocycles. The van der Waals surface area contributed by atoms with Gasteiger partial charge in [-0.1, -0.05) is 25.1 Å². The number of nitrogens with zero attached hydrogens (tertiary/aromatic N) is 1. The van der Waals surface area contributed by atoms with Crippen LogP contribution in [0.5, 0.6) is 0 Å². The lowest BCUT2D eigenvalue weighted by atomic mass is 9.42. The number of aliphatic hydroxyl groups is 3. The van der Waals surface area contributed by atoms with Crippen molar-refractivity contribution in [1.82, 2.24) is 4.90 Å². The van der Waals surface area contributed by atoms with Crippen molar-refractivity contribution in [1.29, 1.82) is 0 Å². The van der Waals surface area contributed by atoms with Crippen molar-refractivity contribution in [2.75, 3.05) is 48.1 Å². The van der Waals surface area contributed by atoms with Crippen LogP contribution in [-0.2, 0) is 33.2 Å². The lowest BCUT2D eigenvalue weighted by Gasteiger charge is -2.70. The Labute approximate surface area is 269 Å². The van der Waals surface area contributed by atoms with Gasteiger partial charge in [0.2, 0.25) is 0 Å². The number of methoxy groups -OCH3 is 4. The summed E-state index contributed by atoms with van der Waals surface area (Å²) in [6, 6.07) is 8.18. The van der Waals surface area contributed by atoms with Crippen LogP contribution in [0.4, 0.5) is 0 Å². The predicted molar refractivity (Wildman–Crippen MR) is 160 cm³/mol. The van der Waals surface area contributed by atoms with Gasteiger partial charge in [0, 0.05) is 83.0 Å². The van der Waals surface area contributed by atoms with Gasteiger partial charge < -0.3 is 43.7 Å². The summed E-state index contributed by atoms with van der Waals surface area (Å²) in [6.07, 6.45) is -5.49. The van der Waals surface area contributed by atoms with Gasteiger partial charge in [0.25, 0.3) is 0 Å². The molecule has 7 bridgehead atoms. The Bertz CT molecular complexity index is 1360. The lowest BCUT2D eigenvalue weighted by molar-refractivity contribution is -0.322. The Morgan fingerprint density at radius 3 is 2.30 bits per heavy atom. The molecule has 1 aliphatic heterocycles. The number of aliphatic hydroxyl groups excluding tert-OH is 2. The van der Waals surface area contributed by atoms with E-state index < -0.39 is 88.3 Å². The van der Waals surface area contributed by atoms with Gasteiger partial charge in [-0.25, -0.2) is 4.79 Å². The van der Waals surface area contributed by atoms with E-state index in [1.165, 1.54) is 14.0 Å². The second-order valence-electron chi connectivity index (χ2n) is 14.4. The highest BCUT2D eigenvalue weighted by Gasteiger charge is 2.92. The normalized spacial score (nSPS) is 49.9. The highest BCUT2D eigenvalue weighted by Crippen LogP contribution is 2.80. The first-order valence-electron chi connectivity index (χ1n) is 16.3. The van der Waals surface area contributed by atoms with Crippen LogP contribution in [0.3, 0.4) is 0 Å². The summed E-state index contributed by atoms with van der Waals surface area (Å²) >= 11 is 0. The van der Waals surface area contributed by atoms with Gasteiger partial charge in [0.1, 0.15) is 23.9 Å². The van der Waals surface area contributed by atoms with Gasteiger partial charge in [0.05, 0.1) is 30.5 Å². The number of hydrogen-bond donors (Lipinski definition) is 3.